The van der Waals surface area contributed by atoms with E-state index in [1.165, 1.54) is 12.7 Å². The van der Waals surface area contributed by atoms with E-state index in [2.05, 4.69) is 16.8 Å². The number of phenols is 1. The molecule has 2 heterocycles. The number of carbonyl (C=O) groups is 1. The number of benzene rings is 1. The third-order valence-corrected chi connectivity index (χ3v) is 4.83. The molecule has 0 spiro atoms. The number of nitrogens with one attached hydrogen (secondary N) is 1. The Morgan fingerprint density at radius 1 is 1.48 bits per heavy atom. The van der Waals surface area contributed by atoms with Crippen molar-refractivity contribution in [3.63, 3.8) is 0 Å². The maximum Gasteiger partial charge on any atom is 0.318 e. The number of nitrogens with zero attached hydrogens (tertiary/aromatic N) is 1. The molecule has 1 fully saturated rings. The monoisotopic (exact) mass is 332 g/mol. The lowest BCUT2D eigenvalue weighted by Crippen LogP contribution is -2.39. The number of thiophene rings is 1. The van der Waals surface area contributed by atoms with Gasteiger partial charge in [0.05, 0.1) is 13.2 Å². The molecule has 6 heteroatoms. The molecule has 1 aromatic carbocycles. The summed E-state index contributed by atoms with van der Waals surface area (Å²) in [5, 5.41) is 16.9. The summed E-state index contributed by atoms with van der Waals surface area (Å²) < 4.78 is 5.02. The van der Waals surface area contributed by atoms with Gasteiger partial charge >= 0.3 is 6.03 Å². The van der Waals surface area contributed by atoms with Gasteiger partial charge in [0.2, 0.25) is 0 Å². The Bertz CT molecular complexity index is 672. The highest BCUT2D eigenvalue weighted by Gasteiger charge is 2.29. The SMILES string of the molecule is COc1ccc(CNC(=O)N2CCCC2c2ccsc2)cc1O. The van der Waals surface area contributed by atoms with Crippen LogP contribution in [0, 0.1) is 0 Å². The summed E-state index contributed by atoms with van der Waals surface area (Å²) in [6, 6.07) is 7.33. The first kappa shape index (κ1) is 15.7. The highest BCUT2D eigenvalue weighted by atomic mass is 32.1. The summed E-state index contributed by atoms with van der Waals surface area (Å²) in [6.07, 6.45) is 2.03. The lowest BCUT2D eigenvalue weighted by Gasteiger charge is -2.24. The fraction of sp³-hybridized carbons (Fsp3) is 0.353. The molecule has 1 aliphatic rings. The summed E-state index contributed by atoms with van der Waals surface area (Å²) in [5.41, 5.74) is 2.05. The summed E-state index contributed by atoms with van der Waals surface area (Å²) in [6.45, 7) is 1.16. The highest BCUT2D eigenvalue weighted by molar-refractivity contribution is 7.07. The molecule has 1 aliphatic heterocycles. The summed E-state index contributed by atoms with van der Waals surface area (Å²) in [4.78, 5) is 14.4. The number of hydrogen-bond donors (Lipinski definition) is 2. The molecular weight excluding hydrogens is 312 g/mol. The first-order valence-electron chi connectivity index (χ1n) is 7.61. The van der Waals surface area contributed by atoms with Gasteiger partial charge in [0, 0.05) is 13.1 Å². The second-order valence-electron chi connectivity index (χ2n) is 5.57. The average Bonchev–Trinajstić information content (AvgIpc) is 3.23. The molecule has 1 saturated heterocycles. The van der Waals surface area contributed by atoms with Crippen LogP contribution in [0.25, 0.3) is 0 Å². The Morgan fingerprint density at radius 3 is 3.04 bits per heavy atom. The van der Waals surface area contributed by atoms with Gasteiger partial charge in [-0.25, -0.2) is 4.79 Å². The van der Waals surface area contributed by atoms with Crippen molar-refractivity contribution in [1.82, 2.24) is 10.2 Å². The van der Waals surface area contributed by atoms with Crippen molar-refractivity contribution < 1.29 is 14.6 Å². The zero-order chi connectivity index (χ0) is 16.2. The molecule has 3 rings (SSSR count). The summed E-state index contributed by atoms with van der Waals surface area (Å²) in [5.74, 6) is 0.508. The van der Waals surface area contributed by atoms with Crippen molar-refractivity contribution in [2.24, 2.45) is 0 Å². The molecule has 23 heavy (non-hydrogen) atoms. The number of ether oxygens (including phenoxy) is 1. The van der Waals surface area contributed by atoms with E-state index in [-0.39, 0.29) is 17.8 Å². The van der Waals surface area contributed by atoms with Gasteiger partial charge in [-0.2, -0.15) is 11.3 Å². The minimum atomic E-state index is -0.0611. The maximum atomic E-state index is 12.5. The van der Waals surface area contributed by atoms with Crippen molar-refractivity contribution in [2.45, 2.75) is 25.4 Å². The van der Waals surface area contributed by atoms with Crippen LogP contribution in [0.1, 0.15) is 30.0 Å². The van der Waals surface area contributed by atoms with Crippen LogP contribution < -0.4 is 10.1 Å². The van der Waals surface area contributed by atoms with Crippen LogP contribution in [0.5, 0.6) is 11.5 Å². The third kappa shape index (κ3) is 3.42. The van der Waals surface area contributed by atoms with Gasteiger partial charge in [0.1, 0.15) is 0 Å². The van der Waals surface area contributed by atoms with Gasteiger partial charge in [0.15, 0.2) is 11.5 Å². The molecule has 1 unspecified atom stereocenters. The quantitative estimate of drug-likeness (QED) is 0.901. The Morgan fingerprint density at radius 2 is 2.35 bits per heavy atom. The van der Waals surface area contributed by atoms with Crippen molar-refractivity contribution in [3.8, 4) is 11.5 Å². The largest absolute Gasteiger partial charge is 0.504 e. The minimum absolute atomic E-state index is 0.0611. The topological polar surface area (TPSA) is 61.8 Å². The van der Waals surface area contributed by atoms with Crippen LogP contribution >= 0.6 is 11.3 Å². The maximum absolute atomic E-state index is 12.5. The van der Waals surface area contributed by atoms with Crippen molar-refractivity contribution >= 4 is 17.4 Å². The molecule has 2 amide bonds. The number of aromatic hydroxyl groups is 1. The van der Waals surface area contributed by atoms with Crippen LogP contribution in [0.4, 0.5) is 4.79 Å². The standard InChI is InChI=1S/C17H20N2O3S/c1-22-16-5-4-12(9-15(16)20)10-18-17(21)19-7-2-3-14(19)13-6-8-23-11-13/h4-6,8-9,11,14,20H,2-3,7,10H2,1H3,(H,18,21). The molecule has 2 aromatic rings. The Labute approximate surface area is 139 Å². The Balaban J connectivity index is 1.62. The number of amides is 2. The molecule has 0 saturated carbocycles. The molecule has 5 nitrogen and oxygen atoms in total. The second kappa shape index (κ2) is 6.91. The van der Waals surface area contributed by atoms with Gasteiger partial charge in [-0.3, -0.25) is 0 Å². The number of likely N-dealkylation sites (tertiary alicyclic amines) is 1. The van der Waals surface area contributed by atoms with Gasteiger partial charge < -0.3 is 20.1 Å². The van der Waals surface area contributed by atoms with Crippen LogP contribution in [0.3, 0.4) is 0 Å². The highest BCUT2D eigenvalue weighted by Crippen LogP contribution is 2.33. The minimum Gasteiger partial charge on any atom is -0.504 e. The van der Waals surface area contributed by atoms with E-state index in [9.17, 15) is 9.90 Å². The van der Waals surface area contributed by atoms with E-state index in [1.807, 2.05) is 16.3 Å². The van der Waals surface area contributed by atoms with E-state index in [0.717, 1.165) is 24.9 Å². The molecule has 1 aromatic heterocycles. The fourth-order valence-corrected chi connectivity index (χ4v) is 3.65. The number of hydrogen-bond acceptors (Lipinski definition) is 4. The first-order valence-corrected chi connectivity index (χ1v) is 8.56. The molecule has 1 atom stereocenters. The third-order valence-electron chi connectivity index (χ3n) is 4.13. The number of urea groups is 1. The predicted molar refractivity (Wildman–Crippen MR) is 89.9 cm³/mol. The Kier molecular flexibility index (Phi) is 4.71. The molecular formula is C17H20N2O3S. The number of methoxy groups -OCH3 is 1. The van der Waals surface area contributed by atoms with Crippen molar-refractivity contribution in [1.29, 1.82) is 0 Å². The predicted octanol–water partition coefficient (Wildman–Crippen LogP) is 3.51. The lowest BCUT2D eigenvalue weighted by molar-refractivity contribution is 0.192. The van der Waals surface area contributed by atoms with Crippen LogP contribution in [-0.4, -0.2) is 29.7 Å². The van der Waals surface area contributed by atoms with Crippen molar-refractivity contribution in [3.05, 3.63) is 46.2 Å². The molecule has 2 N–H and O–H groups in total. The molecule has 122 valence electrons. The normalized spacial score (nSPS) is 17.3. The van der Waals surface area contributed by atoms with Crippen LogP contribution in [0.15, 0.2) is 35.0 Å². The van der Waals surface area contributed by atoms with E-state index in [1.54, 1.807) is 23.5 Å². The summed E-state index contributed by atoms with van der Waals surface area (Å²) in [7, 11) is 1.51. The smallest absolute Gasteiger partial charge is 0.318 e. The van der Waals surface area contributed by atoms with E-state index in [4.69, 9.17) is 4.74 Å². The van der Waals surface area contributed by atoms with Crippen LogP contribution in [-0.2, 0) is 6.54 Å². The molecule has 0 radical (unpaired) electrons. The van der Waals surface area contributed by atoms with Crippen molar-refractivity contribution in [2.75, 3.05) is 13.7 Å². The van der Waals surface area contributed by atoms with E-state index in [0.29, 0.717) is 12.3 Å². The molecule has 0 aliphatic carbocycles. The lowest BCUT2D eigenvalue weighted by atomic mass is 10.1. The zero-order valence-corrected chi connectivity index (χ0v) is 13.8. The zero-order valence-electron chi connectivity index (χ0n) is 13.0. The van der Waals surface area contributed by atoms with Gasteiger partial charge in [0.25, 0.3) is 0 Å². The molecule has 0 bridgehead atoms. The van der Waals surface area contributed by atoms with Gasteiger partial charge in [-0.15, -0.1) is 0 Å². The second-order valence-corrected chi connectivity index (χ2v) is 6.35. The van der Waals surface area contributed by atoms with Gasteiger partial charge in [-0.05, 0) is 52.9 Å². The first-order chi connectivity index (χ1) is 11.2. The van der Waals surface area contributed by atoms with E-state index >= 15 is 0 Å². The van der Waals surface area contributed by atoms with E-state index < -0.39 is 0 Å². The summed E-state index contributed by atoms with van der Waals surface area (Å²) >= 11 is 1.66. The number of rotatable bonds is 4. The number of carbonyl (C=O) groups excluding carboxylic acids is 1. The average molecular weight is 332 g/mol. The van der Waals surface area contributed by atoms with Gasteiger partial charge in [-0.1, -0.05) is 6.07 Å². The fourth-order valence-electron chi connectivity index (χ4n) is 2.95. The Hall–Kier alpha value is -2.21. The number of phenolic OH excluding ortho intramolecular Hbond substituents is 1. The van der Waals surface area contributed by atoms with Crippen LogP contribution in [0.2, 0.25) is 0 Å².